The molecule has 31 heavy (non-hydrogen) atoms. The number of likely N-dealkylation sites (tertiary alicyclic amines) is 1. The van der Waals surface area contributed by atoms with Gasteiger partial charge in [0.15, 0.2) is 11.5 Å². The number of rotatable bonds is 7. The Morgan fingerprint density at radius 3 is 2.52 bits per heavy atom. The number of aryl methyl sites for hydroxylation is 1. The summed E-state index contributed by atoms with van der Waals surface area (Å²) in [6.45, 7) is 9.78. The average molecular weight is 422 g/mol. The van der Waals surface area contributed by atoms with E-state index in [-0.39, 0.29) is 0 Å². The van der Waals surface area contributed by atoms with Gasteiger partial charge in [-0.1, -0.05) is 36.4 Å². The van der Waals surface area contributed by atoms with E-state index in [4.69, 9.17) is 9.47 Å². The van der Waals surface area contributed by atoms with Crippen molar-refractivity contribution in [2.45, 2.75) is 38.3 Å². The highest BCUT2D eigenvalue weighted by Crippen LogP contribution is 2.33. The Morgan fingerprint density at radius 2 is 1.65 bits per heavy atom. The molecule has 3 aliphatic heterocycles. The Balaban J connectivity index is 1.05. The van der Waals surface area contributed by atoms with E-state index in [1.807, 2.05) is 6.07 Å². The summed E-state index contributed by atoms with van der Waals surface area (Å²) < 4.78 is 11.0. The van der Waals surface area contributed by atoms with Crippen LogP contribution in [0.15, 0.2) is 48.5 Å². The molecule has 0 aromatic heterocycles. The second-order valence-corrected chi connectivity index (χ2v) is 9.19. The van der Waals surface area contributed by atoms with E-state index in [9.17, 15) is 0 Å². The van der Waals surface area contributed by atoms with E-state index in [2.05, 4.69) is 57.2 Å². The van der Waals surface area contributed by atoms with E-state index < -0.39 is 0 Å². The summed E-state index contributed by atoms with van der Waals surface area (Å²) in [5.41, 5.74) is 2.79. The third-order valence-corrected chi connectivity index (χ3v) is 7.03. The minimum absolute atomic E-state index is 0.349. The van der Waals surface area contributed by atoms with Gasteiger partial charge in [-0.05, 0) is 62.0 Å². The van der Waals surface area contributed by atoms with Gasteiger partial charge in [0.05, 0.1) is 0 Å². The van der Waals surface area contributed by atoms with Crippen molar-refractivity contribution >= 4 is 0 Å². The van der Waals surface area contributed by atoms with Gasteiger partial charge in [-0.3, -0.25) is 9.80 Å². The molecule has 0 saturated carbocycles. The number of piperazine rings is 1. The van der Waals surface area contributed by atoms with Crippen LogP contribution in [0.4, 0.5) is 0 Å². The van der Waals surface area contributed by atoms with Crippen LogP contribution in [-0.4, -0.2) is 73.3 Å². The zero-order valence-electron chi connectivity index (χ0n) is 18.5. The molecular weight excluding hydrogens is 386 g/mol. The fraction of sp³-hybridized carbons (Fsp3) is 0.538. The predicted molar refractivity (Wildman–Crippen MR) is 124 cm³/mol. The molecule has 0 amide bonds. The first-order valence-electron chi connectivity index (χ1n) is 11.9. The van der Waals surface area contributed by atoms with Gasteiger partial charge >= 0.3 is 0 Å². The normalized spacial score (nSPS) is 22.6. The lowest BCUT2D eigenvalue weighted by molar-refractivity contribution is 0.0496. The summed E-state index contributed by atoms with van der Waals surface area (Å²) in [6.07, 6.45) is 5.16. The maximum absolute atomic E-state index is 5.53. The van der Waals surface area contributed by atoms with Crippen LogP contribution in [0.2, 0.25) is 0 Å². The summed E-state index contributed by atoms with van der Waals surface area (Å²) in [5.74, 6) is 1.77. The van der Waals surface area contributed by atoms with Gasteiger partial charge in [-0.15, -0.1) is 0 Å². The second-order valence-electron chi connectivity index (χ2n) is 9.19. The molecule has 5 rings (SSSR count). The molecule has 5 heteroatoms. The Hall–Kier alpha value is -2.08. The van der Waals surface area contributed by atoms with Crippen molar-refractivity contribution in [3.63, 3.8) is 0 Å². The van der Waals surface area contributed by atoms with Crippen molar-refractivity contribution < 1.29 is 9.47 Å². The fourth-order valence-electron chi connectivity index (χ4n) is 5.27. The van der Waals surface area contributed by atoms with Crippen LogP contribution in [-0.2, 0) is 13.0 Å². The third kappa shape index (κ3) is 5.40. The molecule has 2 saturated heterocycles. The molecular formula is C26H35N3O2. The number of nitrogens with zero attached hydrogens (tertiary/aromatic N) is 3. The number of fused-ring (bicyclic) bond motifs is 1. The van der Waals surface area contributed by atoms with Crippen LogP contribution in [0.25, 0.3) is 0 Å². The number of hydrogen-bond donors (Lipinski definition) is 0. The fourth-order valence-corrected chi connectivity index (χ4v) is 5.27. The first-order valence-corrected chi connectivity index (χ1v) is 11.9. The highest BCUT2D eigenvalue weighted by molar-refractivity contribution is 5.44. The lowest BCUT2D eigenvalue weighted by atomic mass is 10.0. The SMILES string of the molecule is c1ccc(CCCN2CCCC(N3CCN(Cc4ccc5c(c4)OCO5)CC3)C2)cc1. The third-order valence-electron chi connectivity index (χ3n) is 7.03. The van der Waals surface area contributed by atoms with Crippen molar-refractivity contribution in [3.8, 4) is 11.5 Å². The Morgan fingerprint density at radius 1 is 0.806 bits per heavy atom. The standard InChI is InChI=1S/C26H35N3O2/c1-2-6-22(7-3-1)8-4-12-27-13-5-9-24(20-27)29-16-14-28(15-17-29)19-23-10-11-25-26(18-23)31-21-30-25/h1-3,6-7,10-11,18,24H,4-5,8-9,12-17,19-21H2. The molecule has 5 nitrogen and oxygen atoms in total. The van der Waals surface area contributed by atoms with E-state index >= 15 is 0 Å². The van der Waals surface area contributed by atoms with Gasteiger partial charge in [-0.25, -0.2) is 0 Å². The van der Waals surface area contributed by atoms with E-state index in [0.717, 1.165) is 37.2 Å². The summed E-state index contributed by atoms with van der Waals surface area (Å²) in [5, 5.41) is 0. The van der Waals surface area contributed by atoms with Crippen LogP contribution in [0.5, 0.6) is 11.5 Å². The Labute approximate surface area is 186 Å². The lowest BCUT2D eigenvalue weighted by Crippen LogP contribution is -2.54. The molecule has 0 N–H and O–H groups in total. The van der Waals surface area contributed by atoms with E-state index in [1.54, 1.807) is 0 Å². The quantitative estimate of drug-likeness (QED) is 0.681. The molecule has 0 aliphatic carbocycles. The molecule has 166 valence electrons. The van der Waals surface area contributed by atoms with Gasteiger partial charge < -0.3 is 14.4 Å². The second kappa shape index (κ2) is 10.0. The Kier molecular flexibility index (Phi) is 6.73. The number of hydrogen-bond acceptors (Lipinski definition) is 5. The van der Waals surface area contributed by atoms with Gasteiger partial charge in [0, 0.05) is 45.3 Å². The summed E-state index contributed by atoms with van der Waals surface area (Å²) >= 11 is 0. The van der Waals surface area contributed by atoms with E-state index in [0.29, 0.717) is 6.79 Å². The molecule has 1 atom stereocenters. The maximum Gasteiger partial charge on any atom is 0.231 e. The highest BCUT2D eigenvalue weighted by atomic mass is 16.7. The van der Waals surface area contributed by atoms with Crippen LogP contribution < -0.4 is 9.47 Å². The van der Waals surface area contributed by atoms with Crippen molar-refractivity contribution in [2.24, 2.45) is 0 Å². The molecule has 0 radical (unpaired) electrons. The minimum Gasteiger partial charge on any atom is -0.454 e. The number of benzene rings is 2. The minimum atomic E-state index is 0.349. The zero-order chi connectivity index (χ0) is 20.9. The molecule has 2 aromatic rings. The summed E-state index contributed by atoms with van der Waals surface area (Å²) in [7, 11) is 0. The van der Waals surface area contributed by atoms with Gasteiger partial charge in [0.2, 0.25) is 6.79 Å². The Bertz CT molecular complexity index is 836. The molecule has 2 aromatic carbocycles. The summed E-state index contributed by atoms with van der Waals surface area (Å²) in [6, 6.07) is 18.0. The first-order chi connectivity index (χ1) is 15.3. The zero-order valence-corrected chi connectivity index (χ0v) is 18.5. The van der Waals surface area contributed by atoms with Gasteiger partial charge in [0.25, 0.3) is 0 Å². The van der Waals surface area contributed by atoms with Crippen molar-refractivity contribution in [1.29, 1.82) is 0 Å². The maximum atomic E-state index is 5.53. The lowest BCUT2D eigenvalue weighted by Gasteiger charge is -2.43. The van der Waals surface area contributed by atoms with Crippen molar-refractivity contribution in [3.05, 3.63) is 59.7 Å². The van der Waals surface area contributed by atoms with Crippen molar-refractivity contribution in [2.75, 3.05) is 52.6 Å². The molecule has 0 bridgehead atoms. The van der Waals surface area contributed by atoms with Gasteiger partial charge in [-0.2, -0.15) is 0 Å². The molecule has 0 spiro atoms. The summed E-state index contributed by atoms with van der Waals surface area (Å²) in [4.78, 5) is 8.03. The molecule has 2 fully saturated rings. The highest BCUT2D eigenvalue weighted by Gasteiger charge is 2.28. The average Bonchev–Trinajstić information content (AvgIpc) is 3.29. The largest absolute Gasteiger partial charge is 0.454 e. The predicted octanol–water partition coefficient (Wildman–Crippen LogP) is 3.63. The van der Waals surface area contributed by atoms with Crippen LogP contribution in [0, 0.1) is 0 Å². The topological polar surface area (TPSA) is 28.2 Å². The van der Waals surface area contributed by atoms with Gasteiger partial charge in [0.1, 0.15) is 0 Å². The molecule has 1 unspecified atom stereocenters. The van der Waals surface area contributed by atoms with Crippen molar-refractivity contribution in [1.82, 2.24) is 14.7 Å². The first kappa shape index (κ1) is 20.8. The van der Waals surface area contributed by atoms with Crippen LogP contribution in [0.3, 0.4) is 0 Å². The van der Waals surface area contributed by atoms with Crippen LogP contribution in [0.1, 0.15) is 30.4 Å². The van der Waals surface area contributed by atoms with Crippen LogP contribution >= 0.6 is 0 Å². The number of ether oxygens (including phenoxy) is 2. The molecule has 3 heterocycles. The smallest absolute Gasteiger partial charge is 0.231 e. The van der Waals surface area contributed by atoms with E-state index in [1.165, 1.54) is 69.5 Å². The monoisotopic (exact) mass is 421 g/mol. The molecule has 3 aliphatic rings. The number of piperidine rings is 1.